The molecule has 1 amide bonds. The van der Waals surface area contributed by atoms with Crippen LogP contribution in [0.2, 0.25) is 0 Å². The summed E-state index contributed by atoms with van der Waals surface area (Å²) in [5.74, 6) is -0.345. The van der Waals surface area contributed by atoms with E-state index >= 15 is 0 Å². The maximum atomic E-state index is 12.0. The minimum Gasteiger partial charge on any atom is -0.276 e. The van der Waals surface area contributed by atoms with E-state index in [1.807, 2.05) is 48.7 Å². The van der Waals surface area contributed by atoms with E-state index in [1.165, 1.54) is 5.56 Å². The molecule has 0 saturated carbocycles. The van der Waals surface area contributed by atoms with Gasteiger partial charge in [-0.3, -0.25) is 9.89 Å². The van der Waals surface area contributed by atoms with Gasteiger partial charge in [0.15, 0.2) is 5.69 Å². The summed E-state index contributed by atoms with van der Waals surface area (Å²) < 4.78 is 0. The van der Waals surface area contributed by atoms with E-state index in [1.54, 1.807) is 23.6 Å². The van der Waals surface area contributed by atoms with Crippen LogP contribution in [0.3, 0.4) is 0 Å². The fourth-order valence-electron chi connectivity index (χ4n) is 1.87. The van der Waals surface area contributed by atoms with Crippen molar-refractivity contribution in [2.45, 2.75) is 6.92 Å². The second kappa shape index (κ2) is 6.36. The second-order valence-corrected chi connectivity index (χ2v) is 5.70. The molecule has 2 heterocycles. The van der Waals surface area contributed by atoms with E-state index in [2.05, 4.69) is 20.7 Å². The zero-order valence-electron chi connectivity index (χ0n) is 11.9. The number of nitrogens with one attached hydrogen (secondary N) is 2. The van der Waals surface area contributed by atoms with Crippen molar-refractivity contribution in [3.05, 3.63) is 64.7 Å². The van der Waals surface area contributed by atoms with Gasteiger partial charge in [-0.25, -0.2) is 5.43 Å². The predicted molar refractivity (Wildman–Crippen MR) is 88.1 cm³/mol. The zero-order chi connectivity index (χ0) is 15.4. The molecule has 0 unspecified atom stereocenters. The van der Waals surface area contributed by atoms with Crippen LogP contribution in [0.5, 0.6) is 0 Å². The van der Waals surface area contributed by atoms with E-state index in [4.69, 9.17) is 0 Å². The van der Waals surface area contributed by atoms with Gasteiger partial charge in [0.05, 0.1) is 16.8 Å². The molecule has 0 saturated heterocycles. The largest absolute Gasteiger partial charge is 0.291 e. The molecule has 0 aliphatic carbocycles. The topological polar surface area (TPSA) is 70.1 Å². The van der Waals surface area contributed by atoms with Gasteiger partial charge in [0.25, 0.3) is 5.91 Å². The maximum Gasteiger partial charge on any atom is 0.291 e. The highest BCUT2D eigenvalue weighted by atomic mass is 32.1. The van der Waals surface area contributed by atoms with Crippen molar-refractivity contribution in [1.82, 2.24) is 15.6 Å². The van der Waals surface area contributed by atoms with Crippen LogP contribution in [0.15, 0.2) is 52.9 Å². The highest BCUT2D eigenvalue weighted by molar-refractivity contribution is 7.13. The Balaban J connectivity index is 1.63. The summed E-state index contributed by atoms with van der Waals surface area (Å²) in [7, 11) is 0. The Hall–Kier alpha value is -2.73. The number of H-pyrrole nitrogens is 1. The van der Waals surface area contributed by atoms with Crippen LogP contribution in [-0.2, 0) is 0 Å². The average Bonchev–Trinajstić information content (AvgIpc) is 3.20. The van der Waals surface area contributed by atoms with Crippen LogP contribution in [-0.4, -0.2) is 22.3 Å². The smallest absolute Gasteiger partial charge is 0.276 e. The highest BCUT2D eigenvalue weighted by Gasteiger charge is 2.10. The van der Waals surface area contributed by atoms with E-state index in [0.717, 1.165) is 16.1 Å². The summed E-state index contributed by atoms with van der Waals surface area (Å²) in [4.78, 5) is 13.0. The lowest BCUT2D eigenvalue weighted by Crippen LogP contribution is -2.17. The fourth-order valence-corrected chi connectivity index (χ4v) is 2.56. The molecule has 0 atom stereocenters. The molecule has 2 aromatic heterocycles. The van der Waals surface area contributed by atoms with Crippen LogP contribution in [0.4, 0.5) is 0 Å². The molecule has 5 nitrogen and oxygen atoms in total. The number of hydrogen-bond acceptors (Lipinski definition) is 4. The van der Waals surface area contributed by atoms with Gasteiger partial charge in [-0.05, 0) is 30.0 Å². The van der Waals surface area contributed by atoms with Crippen LogP contribution in [0.1, 0.15) is 21.6 Å². The monoisotopic (exact) mass is 310 g/mol. The number of amides is 1. The summed E-state index contributed by atoms with van der Waals surface area (Å²) in [5, 5.41) is 12.8. The summed E-state index contributed by atoms with van der Waals surface area (Å²) >= 11 is 1.58. The molecule has 1 aromatic carbocycles. The SMILES string of the molecule is Cc1ccc(C=NNC(=O)c2cc(-c3cccs3)[nH]n2)cc1. The molecule has 3 rings (SSSR count). The van der Waals surface area contributed by atoms with Gasteiger partial charge >= 0.3 is 0 Å². The van der Waals surface area contributed by atoms with Gasteiger partial charge < -0.3 is 0 Å². The Labute approximate surface area is 131 Å². The van der Waals surface area contributed by atoms with Gasteiger partial charge in [0, 0.05) is 0 Å². The van der Waals surface area contributed by atoms with Gasteiger partial charge in [-0.2, -0.15) is 10.2 Å². The number of hydrazone groups is 1. The number of aryl methyl sites for hydroxylation is 1. The summed E-state index contributed by atoms with van der Waals surface area (Å²) in [5.41, 5.74) is 5.71. The average molecular weight is 310 g/mol. The normalized spacial score (nSPS) is 11.0. The van der Waals surface area contributed by atoms with Crippen molar-refractivity contribution < 1.29 is 4.79 Å². The van der Waals surface area contributed by atoms with Crippen LogP contribution in [0.25, 0.3) is 10.6 Å². The number of carbonyl (C=O) groups excluding carboxylic acids is 1. The minimum atomic E-state index is -0.345. The molecule has 22 heavy (non-hydrogen) atoms. The molecule has 6 heteroatoms. The van der Waals surface area contributed by atoms with Crippen LogP contribution >= 0.6 is 11.3 Å². The molecule has 0 aliphatic heterocycles. The zero-order valence-corrected chi connectivity index (χ0v) is 12.7. The third-order valence-corrected chi connectivity index (χ3v) is 3.96. The Bertz CT molecular complexity index is 788. The number of aromatic amines is 1. The van der Waals surface area contributed by atoms with E-state index < -0.39 is 0 Å². The lowest BCUT2D eigenvalue weighted by molar-refractivity contribution is 0.0950. The molecule has 3 aromatic rings. The molecule has 0 bridgehead atoms. The first-order chi connectivity index (χ1) is 10.7. The number of aromatic nitrogens is 2. The van der Waals surface area contributed by atoms with Crippen LogP contribution < -0.4 is 5.43 Å². The molecule has 0 spiro atoms. The van der Waals surface area contributed by atoms with Crippen molar-refractivity contribution in [1.29, 1.82) is 0 Å². The number of rotatable bonds is 4. The first kappa shape index (κ1) is 14.2. The first-order valence-corrected chi connectivity index (χ1v) is 7.60. The van der Waals surface area contributed by atoms with Gasteiger partial charge in [0.2, 0.25) is 0 Å². The predicted octanol–water partition coefficient (Wildman–Crippen LogP) is 3.21. The number of carbonyl (C=O) groups is 1. The Kier molecular flexibility index (Phi) is 4.11. The lowest BCUT2D eigenvalue weighted by atomic mass is 10.2. The fraction of sp³-hybridized carbons (Fsp3) is 0.0625. The summed E-state index contributed by atoms with van der Waals surface area (Å²) in [6.07, 6.45) is 1.60. The van der Waals surface area contributed by atoms with Crippen molar-refractivity contribution >= 4 is 23.5 Å². The molecular weight excluding hydrogens is 296 g/mol. The number of thiophene rings is 1. The van der Waals surface area contributed by atoms with Gasteiger partial charge in [0.1, 0.15) is 0 Å². The standard InChI is InChI=1S/C16H14N4OS/c1-11-4-6-12(7-5-11)10-17-20-16(21)14-9-13(18-19-14)15-3-2-8-22-15/h2-10H,1H3,(H,18,19)(H,20,21). The quantitative estimate of drug-likeness (QED) is 0.574. The maximum absolute atomic E-state index is 12.0. The van der Waals surface area contributed by atoms with Gasteiger partial charge in [-0.1, -0.05) is 35.9 Å². The van der Waals surface area contributed by atoms with Crippen molar-refractivity contribution in [3.8, 4) is 10.6 Å². The van der Waals surface area contributed by atoms with Crippen LogP contribution in [0, 0.1) is 6.92 Å². The second-order valence-electron chi connectivity index (χ2n) is 4.75. The summed E-state index contributed by atoms with van der Waals surface area (Å²) in [6, 6.07) is 13.5. The molecule has 2 N–H and O–H groups in total. The number of hydrogen-bond donors (Lipinski definition) is 2. The number of benzene rings is 1. The number of nitrogens with zero attached hydrogens (tertiary/aromatic N) is 2. The van der Waals surface area contributed by atoms with Crippen molar-refractivity contribution in [3.63, 3.8) is 0 Å². The molecule has 110 valence electrons. The Morgan fingerprint density at radius 1 is 1.32 bits per heavy atom. The van der Waals surface area contributed by atoms with E-state index in [9.17, 15) is 4.79 Å². The Morgan fingerprint density at radius 3 is 2.86 bits per heavy atom. The molecule has 0 radical (unpaired) electrons. The lowest BCUT2D eigenvalue weighted by Gasteiger charge is -1.96. The van der Waals surface area contributed by atoms with Crippen molar-refractivity contribution in [2.24, 2.45) is 5.10 Å². The molecule has 0 fully saturated rings. The highest BCUT2D eigenvalue weighted by Crippen LogP contribution is 2.22. The molecule has 0 aliphatic rings. The van der Waals surface area contributed by atoms with E-state index in [0.29, 0.717) is 5.69 Å². The van der Waals surface area contributed by atoms with E-state index in [-0.39, 0.29) is 5.91 Å². The molecular formula is C16H14N4OS. The third kappa shape index (κ3) is 3.29. The summed E-state index contributed by atoms with van der Waals surface area (Å²) in [6.45, 7) is 2.02. The Morgan fingerprint density at radius 2 is 2.14 bits per heavy atom. The minimum absolute atomic E-state index is 0.310. The third-order valence-electron chi connectivity index (χ3n) is 3.05. The van der Waals surface area contributed by atoms with Gasteiger partial charge in [-0.15, -0.1) is 11.3 Å². The van der Waals surface area contributed by atoms with Crippen molar-refractivity contribution in [2.75, 3.05) is 0 Å². The first-order valence-electron chi connectivity index (χ1n) is 6.72.